The monoisotopic (exact) mass is 655 g/mol. The number of nitrogens with one attached hydrogen (secondary N) is 2. The topological polar surface area (TPSA) is 128 Å². The van der Waals surface area contributed by atoms with Gasteiger partial charge in [0.2, 0.25) is 11.9 Å². The summed E-state index contributed by atoms with van der Waals surface area (Å²) in [5.41, 5.74) is 2.68. The van der Waals surface area contributed by atoms with Crippen LogP contribution in [-0.4, -0.2) is 120 Å². The molecule has 2 aromatic carbocycles. The van der Waals surface area contributed by atoms with Gasteiger partial charge in [0.25, 0.3) is 5.91 Å². The number of hydrogen-bond donors (Lipinski definition) is 2. The van der Waals surface area contributed by atoms with Crippen molar-refractivity contribution in [1.29, 1.82) is 0 Å². The Morgan fingerprint density at radius 2 is 1.40 bits per heavy atom. The Morgan fingerprint density at radius 3 is 2.02 bits per heavy atom. The second-order valence-corrected chi connectivity index (χ2v) is 13.4. The number of benzene rings is 2. The van der Waals surface area contributed by atoms with E-state index in [2.05, 4.69) is 46.1 Å². The summed E-state index contributed by atoms with van der Waals surface area (Å²) in [6.07, 6.45) is 2.13. The lowest BCUT2D eigenvalue weighted by Gasteiger charge is -2.37. The number of hydrogen-bond acceptors (Lipinski definition) is 10. The molecule has 2 bridgehead atoms. The van der Waals surface area contributed by atoms with Crippen LogP contribution in [-0.2, 0) is 9.47 Å². The molecule has 4 saturated heterocycles. The third-order valence-corrected chi connectivity index (χ3v) is 9.83. The third-order valence-electron chi connectivity index (χ3n) is 9.83. The quantitative estimate of drug-likeness (QED) is 0.386. The number of ether oxygens (including phenoxy) is 2. The summed E-state index contributed by atoms with van der Waals surface area (Å²) in [6, 6.07) is 15.3. The van der Waals surface area contributed by atoms with Crippen LogP contribution < -0.4 is 20.4 Å². The van der Waals surface area contributed by atoms with Gasteiger partial charge in [0.1, 0.15) is 0 Å². The standard InChI is InChI=1S/C35H45N9O4/c1-23(2)41-14-16-42(17-15-41)32(45)26-6-10-28(11-7-26)37-35(46)36-27-8-4-25(5-9-27)31-38-33(43-18-19-47-20-24(43)3)40-34(39-31)44-29-12-13-30(44)22-48-21-29/h4-11,23-24,29-30H,12-22H2,1-3H3,(H2,36,37,46). The molecule has 254 valence electrons. The molecule has 3 aromatic rings. The van der Waals surface area contributed by atoms with Gasteiger partial charge in [-0.15, -0.1) is 0 Å². The first kappa shape index (κ1) is 32.2. The molecule has 13 nitrogen and oxygen atoms in total. The van der Waals surface area contributed by atoms with Crippen molar-refractivity contribution in [3.05, 3.63) is 54.1 Å². The highest BCUT2D eigenvalue weighted by Crippen LogP contribution is 2.34. The highest BCUT2D eigenvalue weighted by Gasteiger charge is 2.40. The van der Waals surface area contributed by atoms with Gasteiger partial charge in [-0.3, -0.25) is 9.69 Å². The Morgan fingerprint density at radius 1 is 0.771 bits per heavy atom. The van der Waals surface area contributed by atoms with Crippen molar-refractivity contribution >= 4 is 35.2 Å². The second-order valence-electron chi connectivity index (χ2n) is 13.4. The molecule has 13 heteroatoms. The molecule has 2 N–H and O–H groups in total. The fraction of sp³-hybridized carbons (Fsp3) is 0.514. The van der Waals surface area contributed by atoms with Gasteiger partial charge in [-0.25, -0.2) is 4.79 Å². The van der Waals surface area contributed by atoms with E-state index in [0.29, 0.717) is 73.7 Å². The zero-order chi connectivity index (χ0) is 33.2. The normalized spacial score (nSPS) is 23.0. The van der Waals surface area contributed by atoms with E-state index in [4.69, 9.17) is 24.4 Å². The molecule has 48 heavy (non-hydrogen) atoms. The molecule has 4 fully saturated rings. The van der Waals surface area contributed by atoms with E-state index in [0.717, 1.165) is 44.6 Å². The summed E-state index contributed by atoms with van der Waals surface area (Å²) in [5.74, 6) is 1.95. The Hall–Kier alpha value is -4.33. The Balaban J connectivity index is 1.01. The highest BCUT2D eigenvalue weighted by atomic mass is 16.5. The minimum atomic E-state index is -0.375. The van der Waals surface area contributed by atoms with Crippen LogP contribution in [0.15, 0.2) is 48.5 Å². The number of nitrogens with zero attached hydrogens (tertiary/aromatic N) is 7. The van der Waals surface area contributed by atoms with Gasteiger partial charge in [-0.2, -0.15) is 15.0 Å². The van der Waals surface area contributed by atoms with E-state index in [9.17, 15) is 9.59 Å². The summed E-state index contributed by atoms with van der Waals surface area (Å²) >= 11 is 0. The zero-order valence-corrected chi connectivity index (χ0v) is 28.0. The fourth-order valence-corrected chi connectivity index (χ4v) is 7.02. The lowest BCUT2D eigenvalue weighted by atomic mass is 10.1. The molecule has 7 rings (SSSR count). The van der Waals surface area contributed by atoms with Gasteiger partial charge in [0.05, 0.1) is 44.6 Å². The molecule has 5 heterocycles. The van der Waals surface area contributed by atoms with Crippen LogP contribution >= 0.6 is 0 Å². The van der Waals surface area contributed by atoms with Gasteiger partial charge in [-0.1, -0.05) is 0 Å². The number of carbonyl (C=O) groups is 2. The number of carbonyl (C=O) groups excluding carboxylic acids is 2. The van der Waals surface area contributed by atoms with E-state index < -0.39 is 0 Å². The van der Waals surface area contributed by atoms with Crippen molar-refractivity contribution in [2.75, 3.05) is 79.6 Å². The van der Waals surface area contributed by atoms with E-state index in [1.807, 2.05) is 29.2 Å². The van der Waals surface area contributed by atoms with Gasteiger partial charge < -0.3 is 34.8 Å². The van der Waals surface area contributed by atoms with Crippen LogP contribution in [0.2, 0.25) is 0 Å². The Kier molecular flexibility index (Phi) is 9.42. The fourth-order valence-electron chi connectivity index (χ4n) is 7.02. The van der Waals surface area contributed by atoms with Crippen LogP contribution in [0, 0.1) is 0 Å². The number of fused-ring (bicyclic) bond motifs is 2. The molecule has 1 aromatic heterocycles. The summed E-state index contributed by atoms with van der Waals surface area (Å²) in [5, 5.41) is 5.76. The van der Waals surface area contributed by atoms with E-state index >= 15 is 0 Å². The van der Waals surface area contributed by atoms with Crippen LogP contribution in [0.25, 0.3) is 11.4 Å². The van der Waals surface area contributed by atoms with Crippen molar-refractivity contribution in [3.63, 3.8) is 0 Å². The van der Waals surface area contributed by atoms with Gasteiger partial charge in [0, 0.05) is 61.3 Å². The predicted molar refractivity (Wildman–Crippen MR) is 185 cm³/mol. The summed E-state index contributed by atoms with van der Waals surface area (Å²) in [6.45, 7) is 13.0. The Labute approximate surface area is 281 Å². The Bertz CT molecular complexity index is 1580. The number of piperazine rings is 1. The first-order valence-corrected chi connectivity index (χ1v) is 17.1. The molecule has 3 amide bonds. The maximum Gasteiger partial charge on any atom is 0.323 e. The van der Waals surface area contributed by atoms with Crippen LogP contribution in [0.5, 0.6) is 0 Å². The smallest absolute Gasteiger partial charge is 0.323 e. The van der Waals surface area contributed by atoms with Crippen molar-refractivity contribution in [2.45, 2.75) is 57.8 Å². The summed E-state index contributed by atoms with van der Waals surface area (Å²) < 4.78 is 11.5. The van der Waals surface area contributed by atoms with Crippen molar-refractivity contribution in [3.8, 4) is 11.4 Å². The van der Waals surface area contributed by atoms with Gasteiger partial charge >= 0.3 is 6.03 Å². The van der Waals surface area contributed by atoms with Crippen LogP contribution in [0.3, 0.4) is 0 Å². The minimum absolute atomic E-state index is 0.0173. The number of morpholine rings is 2. The van der Waals surface area contributed by atoms with Crippen molar-refractivity contribution in [1.82, 2.24) is 24.8 Å². The number of amides is 3. The number of anilines is 4. The van der Waals surface area contributed by atoms with Crippen LogP contribution in [0.4, 0.5) is 28.1 Å². The molecular weight excluding hydrogens is 610 g/mol. The molecule has 0 radical (unpaired) electrons. The van der Waals surface area contributed by atoms with E-state index in [1.165, 1.54) is 0 Å². The number of urea groups is 1. The summed E-state index contributed by atoms with van der Waals surface area (Å²) in [4.78, 5) is 49.5. The zero-order valence-electron chi connectivity index (χ0n) is 28.0. The largest absolute Gasteiger partial charge is 0.377 e. The number of aromatic nitrogens is 3. The highest BCUT2D eigenvalue weighted by molar-refractivity contribution is 6.00. The van der Waals surface area contributed by atoms with E-state index in [-0.39, 0.29) is 30.1 Å². The average Bonchev–Trinajstić information content (AvgIpc) is 3.36. The van der Waals surface area contributed by atoms with E-state index in [1.54, 1.807) is 24.3 Å². The average molecular weight is 656 g/mol. The lowest BCUT2D eigenvalue weighted by Crippen LogP contribution is -2.50. The molecule has 0 saturated carbocycles. The third kappa shape index (κ3) is 6.94. The SMILES string of the molecule is CC(C)N1CCN(C(=O)c2ccc(NC(=O)Nc3ccc(-c4nc(N5CCOCC5C)nc(N5C6CCC5COC6)n4)cc3)cc2)CC1. The van der Waals surface area contributed by atoms with Crippen molar-refractivity contribution in [2.24, 2.45) is 0 Å². The maximum atomic E-state index is 13.0. The number of rotatable bonds is 7. The molecule has 3 unspecified atom stereocenters. The molecule has 4 aliphatic rings. The van der Waals surface area contributed by atoms with Gasteiger partial charge in [0.15, 0.2) is 5.82 Å². The van der Waals surface area contributed by atoms with Gasteiger partial charge in [-0.05, 0) is 82.1 Å². The first-order valence-electron chi connectivity index (χ1n) is 17.1. The van der Waals surface area contributed by atoms with Crippen molar-refractivity contribution < 1.29 is 19.1 Å². The maximum absolute atomic E-state index is 13.0. The predicted octanol–water partition coefficient (Wildman–Crippen LogP) is 3.94. The second kappa shape index (κ2) is 14.0. The molecular formula is C35H45N9O4. The molecule has 0 spiro atoms. The van der Waals surface area contributed by atoms with Crippen LogP contribution in [0.1, 0.15) is 44.0 Å². The lowest BCUT2D eigenvalue weighted by molar-refractivity contribution is 0.0595. The summed E-state index contributed by atoms with van der Waals surface area (Å²) in [7, 11) is 0. The molecule has 3 atom stereocenters. The first-order chi connectivity index (χ1) is 23.3. The molecule has 4 aliphatic heterocycles. The molecule has 0 aliphatic carbocycles. The minimum Gasteiger partial charge on any atom is -0.377 e.